The standard InChI is InChI=1S/C22H24FN3OS/c1-16-5-2-3-6-17(16)15-25-10-12-26(13-11-25)20-18(7-4-8-19(20)23)21(27)22-24-9-14-28-22/h2-9,14,21,27H,10-13,15H2,1H3/t21-/m0/s1. The van der Waals surface area contributed by atoms with Gasteiger partial charge in [0.25, 0.3) is 0 Å². The van der Waals surface area contributed by atoms with Gasteiger partial charge in [-0.05, 0) is 24.1 Å². The van der Waals surface area contributed by atoms with Gasteiger partial charge in [0.05, 0.1) is 5.69 Å². The lowest BCUT2D eigenvalue weighted by Crippen LogP contribution is -2.46. The van der Waals surface area contributed by atoms with Crippen LogP contribution in [0.5, 0.6) is 0 Å². The molecule has 4 nitrogen and oxygen atoms in total. The molecule has 1 N–H and O–H groups in total. The molecule has 2 aromatic carbocycles. The predicted octanol–water partition coefficient (Wildman–Crippen LogP) is 3.99. The highest BCUT2D eigenvalue weighted by Crippen LogP contribution is 2.34. The van der Waals surface area contributed by atoms with E-state index in [2.05, 4.69) is 46.0 Å². The van der Waals surface area contributed by atoms with E-state index in [0.29, 0.717) is 16.3 Å². The van der Waals surface area contributed by atoms with Gasteiger partial charge in [0.15, 0.2) is 0 Å². The van der Waals surface area contributed by atoms with Crippen LogP contribution in [0.1, 0.15) is 27.8 Å². The van der Waals surface area contributed by atoms with Gasteiger partial charge in [-0.1, -0.05) is 36.4 Å². The molecule has 4 rings (SSSR count). The molecule has 6 heteroatoms. The molecule has 1 fully saturated rings. The smallest absolute Gasteiger partial charge is 0.146 e. The van der Waals surface area contributed by atoms with Crippen LogP contribution in [0.15, 0.2) is 54.0 Å². The van der Waals surface area contributed by atoms with E-state index in [1.54, 1.807) is 18.3 Å². The first-order valence-electron chi connectivity index (χ1n) is 9.51. The van der Waals surface area contributed by atoms with E-state index >= 15 is 0 Å². The number of rotatable bonds is 5. The van der Waals surface area contributed by atoms with Gasteiger partial charge in [-0.25, -0.2) is 9.37 Å². The molecule has 28 heavy (non-hydrogen) atoms. The Morgan fingerprint density at radius 2 is 1.89 bits per heavy atom. The van der Waals surface area contributed by atoms with Crippen molar-refractivity contribution >= 4 is 17.0 Å². The number of anilines is 1. The zero-order valence-corrected chi connectivity index (χ0v) is 16.7. The van der Waals surface area contributed by atoms with Gasteiger partial charge in [-0.15, -0.1) is 11.3 Å². The maximum atomic E-state index is 14.8. The topological polar surface area (TPSA) is 39.6 Å². The Balaban J connectivity index is 1.50. The summed E-state index contributed by atoms with van der Waals surface area (Å²) >= 11 is 1.38. The van der Waals surface area contributed by atoms with Crippen molar-refractivity contribution in [3.8, 4) is 0 Å². The highest BCUT2D eigenvalue weighted by molar-refractivity contribution is 7.09. The lowest BCUT2D eigenvalue weighted by atomic mass is 10.0. The lowest BCUT2D eigenvalue weighted by molar-refractivity contribution is 0.217. The molecule has 0 spiro atoms. The van der Waals surface area contributed by atoms with Crippen LogP contribution in [-0.4, -0.2) is 41.2 Å². The van der Waals surface area contributed by atoms with E-state index in [1.165, 1.54) is 28.5 Å². The number of aryl methyl sites for hydroxylation is 1. The van der Waals surface area contributed by atoms with Gasteiger partial charge in [0.2, 0.25) is 0 Å². The molecule has 1 aliphatic rings. The summed E-state index contributed by atoms with van der Waals surface area (Å²) in [7, 11) is 0. The summed E-state index contributed by atoms with van der Waals surface area (Å²) in [5.74, 6) is -0.291. The number of benzene rings is 2. The third-order valence-corrected chi connectivity index (χ3v) is 6.17. The highest BCUT2D eigenvalue weighted by Gasteiger charge is 2.26. The zero-order chi connectivity index (χ0) is 19.5. The first-order valence-corrected chi connectivity index (χ1v) is 10.4. The lowest BCUT2D eigenvalue weighted by Gasteiger charge is -2.37. The zero-order valence-electron chi connectivity index (χ0n) is 15.9. The molecular formula is C22H24FN3OS. The minimum atomic E-state index is -0.907. The molecule has 0 saturated carbocycles. The summed E-state index contributed by atoms with van der Waals surface area (Å²) in [5.41, 5.74) is 3.72. The van der Waals surface area contributed by atoms with Crippen molar-refractivity contribution in [1.82, 2.24) is 9.88 Å². The minimum Gasteiger partial charge on any atom is -0.381 e. The maximum absolute atomic E-state index is 14.8. The van der Waals surface area contributed by atoms with E-state index in [0.717, 1.165) is 32.7 Å². The average Bonchev–Trinajstić information content (AvgIpc) is 3.25. The van der Waals surface area contributed by atoms with Crippen LogP contribution in [0.4, 0.5) is 10.1 Å². The van der Waals surface area contributed by atoms with Gasteiger partial charge in [-0.3, -0.25) is 4.90 Å². The summed E-state index contributed by atoms with van der Waals surface area (Å²) in [5, 5.41) is 13.1. The fourth-order valence-corrected chi connectivity index (χ4v) is 4.39. The first-order chi connectivity index (χ1) is 13.6. The van der Waals surface area contributed by atoms with Crippen molar-refractivity contribution < 1.29 is 9.50 Å². The Kier molecular flexibility index (Phi) is 5.71. The van der Waals surface area contributed by atoms with Gasteiger partial charge >= 0.3 is 0 Å². The Morgan fingerprint density at radius 3 is 2.61 bits per heavy atom. The summed E-state index contributed by atoms with van der Waals surface area (Å²) in [6, 6.07) is 13.4. The molecule has 1 atom stereocenters. The number of aliphatic hydroxyl groups excluding tert-OH is 1. The fraction of sp³-hybridized carbons (Fsp3) is 0.318. The molecule has 0 unspecified atom stereocenters. The maximum Gasteiger partial charge on any atom is 0.146 e. The van der Waals surface area contributed by atoms with Gasteiger partial charge in [-0.2, -0.15) is 0 Å². The van der Waals surface area contributed by atoms with Crippen LogP contribution in [-0.2, 0) is 6.54 Å². The monoisotopic (exact) mass is 397 g/mol. The number of aromatic nitrogens is 1. The Bertz CT molecular complexity index is 923. The normalized spacial score (nSPS) is 16.3. The molecule has 0 amide bonds. The number of piperazine rings is 1. The van der Waals surface area contributed by atoms with Crippen LogP contribution < -0.4 is 4.90 Å². The molecule has 0 aliphatic carbocycles. The second-order valence-corrected chi connectivity index (χ2v) is 8.07. The number of para-hydroxylation sites is 1. The summed E-state index contributed by atoms with van der Waals surface area (Å²) in [6.07, 6.45) is 0.752. The third kappa shape index (κ3) is 3.94. The van der Waals surface area contributed by atoms with Crippen LogP contribution >= 0.6 is 11.3 Å². The van der Waals surface area contributed by atoms with Crippen LogP contribution in [0, 0.1) is 12.7 Å². The van der Waals surface area contributed by atoms with Crippen molar-refractivity contribution in [2.45, 2.75) is 19.6 Å². The van der Waals surface area contributed by atoms with Crippen molar-refractivity contribution in [1.29, 1.82) is 0 Å². The molecule has 0 bridgehead atoms. The number of halogens is 1. The SMILES string of the molecule is Cc1ccccc1CN1CCN(c2c(F)cccc2[C@H](O)c2nccs2)CC1. The molecule has 0 radical (unpaired) electrons. The second-order valence-electron chi connectivity index (χ2n) is 7.14. The van der Waals surface area contributed by atoms with E-state index in [1.807, 2.05) is 5.38 Å². The molecule has 3 aromatic rings. The minimum absolute atomic E-state index is 0.291. The van der Waals surface area contributed by atoms with E-state index < -0.39 is 6.10 Å². The summed E-state index contributed by atoms with van der Waals surface area (Å²) in [6.45, 7) is 6.21. The van der Waals surface area contributed by atoms with Crippen molar-refractivity contribution in [3.05, 3.63) is 81.6 Å². The molecule has 2 heterocycles. The Labute approximate surface area is 168 Å². The van der Waals surface area contributed by atoms with E-state index in [4.69, 9.17) is 0 Å². The second kappa shape index (κ2) is 8.39. The van der Waals surface area contributed by atoms with Crippen molar-refractivity contribution in [2.24, 2.45) is 0 Å². The van der Waals surface area contributed by atoms with Crippen LogP contribution in [0.3, 0.4) is 0 Å². The number of nitrogens with zero attached hydrogens (tertiary/aromatic N) is 3. The first kappa shape index (κ1) is 19.1. The number of hydrogen-bond acceptors (Lipinski definition) is 5. The Morgan fingerprint density at radius 1 is 1.11 bits per heavy atom. The average molecular weight is 398 g/mol. The predicted molar refractivity (Wildman–Crippen MR) is 111 cm³/mol. The molecule has 1 aliphatic heterocycles. The fourth-order valence-electron chi connectivity index (χ4n) is 3.75. The summed E-state index contributed by atoms with van der Waals surface area (Å²) in [4.78, 5) is 8.65. The molecule has 146 valence electrons. The van der Waals surface area contributed by atoms with Gasteiger partial charge in [0.1, 0.15) is 16.9 Å². The number of thiazole rings is 1. The molecular weight excluding hydrogens is 373 g/mol. The van der Waals surface area contributed by atoms with E-state index in [9.17, 15) is 9.50 Å². The Hall–Kier alpha value is -2.28. The van der Waals surface area contributed by atoms with Crippen LogP contribution in [0.2, 0.25) is 0 Å². The van der Waals surface area contributed by atoms with Crippen molar-refractivity contribution in [2.75, 3.05) is 31.1 Å². The van der Waals surface area contributed by atoms with Gasteiger partial charge < -0.3 is 10.0 Å². The molecule has 1 aromatic heterocycles. The third-order valence-electron chi connectivity index (χ3n) is 5.34. The van der Waals surface area contributed by atoms with E-state index in [-0.39, 0.29) is 5.82 Å². The summed E-state index contributed by atoms with van der Waals surface area (Å²) < 4.78 is 14.8. The van der Waals surface area contributed by atoms with Crippen LogP contribution in [0.25, 0.3) is 0 Å². The van der Waals surface area contributed by atoms with Gasteiger partial charge in [0, 0.05) is 49.9 Å². The number of hydrogen-bond donors (Lipinski definition) is 1. The molecule has 1 saturated heterocycles. The largest absolute Gasteiger partial charge is 0.381 e. The highest BCUT2D eigenvalue weighted by atomic mass is 32.1. The van der Waals surface area contributed by atoms with Crippen molar-refractivity contribution in [3.63, 3.8) is 0 Å². The number of aliphatic hydroxyl groups is 1. The quantitative estimate of drug-likeness (QED) is 0.707.